The molecule has 2 aromatic rings. The number of piperidine rings is 1. The average molecular weight is 550 g/mol. The van der Waals surface area contributed by atoms with Crippen LogP contribution in [0.1, 0.15) is 36.3 Å². The summed E-state index contributed by atoms with van der Waals surface area (Å²) in [5.41, 5.74) is 1.22. The van der Waals surface area contributed by atoms with Crippen molar-refractivity contribution in [3.63, 3.8) is 0 Å². The molecule has 202 valence electrons. The number of rotatable bonds is 5. The Morgan fingerprint density at radius 3 is 2.55 bits per heavy atom. The van der Waals surface area contributed by atoms with Gasteiger partial charge in [0.2, 0.25) is 5.91 Å². The van der Waals surface area contributed by atoms with Crippen molar-refractivity contribution in [2.24, 2.45) is 0 Å². The largest absolute Gasteiger partial charge is 0.440 e. The second kappa shape index (κ2) is 11.5. The zero-order valence-corrected chi connectivity index (χ0v) is 21.5. The predicted molar refractivity (Wildman–Crippen MR) is 134 cm³/mol. The number of likely N-dealkylation sites (tertiary alicyclic amines) is 1. The van der Waals surface area contributed by atoms with Gasteiger partial charge in [0.05, 0.1) is 11.6 Å². The van der Waals surface area contributed by atoms with E-state index in [9.17, 15) is 22.8 Å². The van der Waals surface area contributed by atoms with Crippen LogP contribution in [0.25, 0.3) is 0 Å². The molecule has 0 aliphatic carbocycles. The summed E-state index contributed by atoms with van der Waals surface area (Å²) in [6, 6.07) is 11.3. The molecule has 0 spiro atoms. The van der Waals surface area contributed by atoms with Crippen LogP contribution in [0.2, 0.25) is 5.02 Å². The third-order valence-electron chi connectivity index (χ3n) is 7.00. The number of hydrogen-bond donors (Lipinski definition) is 0. The molecular formula is C26H27ClF3N5O3. The van der Waals surface area contributed by atoms with Crippen LogP contribution in [0.5, 0.6) is 0 Å². The first-order valence-electron chi connectivity index (χ1n) is 12.2. The minimum Gasteiger partial charge on any atom is -0.440 e. The van der Waals surface area contributed by atoms with Crippen LogP contribution in [0, 0.1) is 11.3 Å². The van der Waals surface area contributed by atoms with Crippen LogP contribution in [0.4, 0.5) is 23.8 Å². The second-order valence-corrected chi connectivity index (χ2v) is 9.91. The van der Waals surface area contributed by atoms with Crippen molar-refractivity contribution < 1.29 is 27.5 Å². The second-order valence-electron chi connectivity index (χ2n) is 9.47. The summed E-state index contributed by atoms with van der Waals surface area (Å²) in [4.78, 5) is 35.4. The minimum absolute atomic E-state index is 0.134. The maximum absolute atomic E-state index is 13.8. The highest BCUT2D eigenvalue weighted by molar-refractivity contribution is 6.30. The first kappa shape index (κ1) is 27.5. The van der Waals surface area contributed by atoms with Crippen molar-refractivity contribution in [3.05, 3.63) is 58.7 Å². The number of hydrogen-bond acceptors (Lipinski definition) is 6. The smallest absolute Gasteiger partial charge is 0.422 e. The average Bonchev–Trinajstić information content (AvgIpc) is 3.36. The molecule has 0 radical (unpaired) electrons. The lowest BCUT2D eigenvalue weighted by atomic mass is 9.93. The van der Waals surface area contributed by atoms with E-state index in [2.05, 4.69) is 9.72 Å². The Balaban J connectivity index is 1.56. The molecule has 2 fully saturated rings. The van der Waals surface area contributed by atoms with Crippen LogP contribution in [0.15, 0.2) is 42.6 Å². The number of carbonyl (C=O) groups is 2. The number of ether oxygens (including phenoxy) is 1. The van der Waals surface area contributed by atoms with Gasteiger partial charge in [-0.1, -0.05) is 23.7 Å². The molecule has 1 aromatic carbocycles. The number of nitrogens with zero attached hydrogens (tertiary/aromatic N) is 5. The van der Waals surface area contributed by atoms with Gasteiger partial charge in [-0.25, -0.2) is 9.78 Å². The number of aromatic nitrogens is 1. The molecule has 1 aromatic heterocycles. The number of alkyl halides is 3. The lowest BCUT2D eigenvalue weighted by Crippen LogP contribution is -2.51. The Morgan fingerprint density at radius 2 is 1.92 bits per heavy atom. The van der Waals surface area contributed by atoms with Gasteiger partial charge in [-0.3, -0.25) is 4.79 Å². The molecule has 3 heterocycles. The Kier molecular flexibility index (Phi) is 8.31. The monoisotopic (exact) mass is 549 g/mol. The highest BCUT2D eigenvalue weighted by atomic mass is 35.5. The molecule has 2 aliphatic rings. The molecule has 12 heteroatoms. The van der Waals surface area contributed by atoms with Crippen molar-refractivity contribution in [1.82, 2.24) is 14.8 Å². The number of anilines is 1. The normalized spacial score (nSPS) is 21.6. The predicted octanol–water partition coefficient (Wildman–Crippen LogP) is 4.59. The minimum atomic E-state index is -4.65. The van der Waals surface area contributed by atoms with E-state index in [-0.39, 0.29) is 24.9 Å². The molecule has 0 saturated carbocycles. The first-order valence-corrected chi connectivity index (χ1v) is 12.6. The fourth-order valence-corrected chi connectivity index (χ4v) is 5.20. The molecular weight excluding hydrogens is 523 g/mol. The zero-order valence-electron chi connectivity index (χ0n) is 20.7. The molecule has 8 nitrogen and oxygen atoms in total. The molecule has 2 amide bonds. The number of nitriles is 1. The Labute approximate surface area is 223 Å². The summed E-state index contributed by atoms with van der Waals surface area (Å²) < 4.78 is 42.4. The molecule has 3 atom stereocenters. The van der Waals surface area contributed by atoms with Gasteiger partial charge in [0.25, 0.3) is 0 Å². The van der Waals surface area contributed by atoms with E-state index >= 15 is 0 Å². The zero-order chi connectivity index (χ0) is 27.4. The van der Waals surface area contributed by atoms with Crippen LogP contribution < -0.4 is 4.90 Å². The Hall–Kier alpha value is -3.52. The van der Waals surface area contributed by atoms with Crippen molar-refractivity contribution in [3.8, 4) is 6.07 Å². The third-order valence-corrected chi connectivity index (χ3v) is 7.25. The van der Waals surface area contributed by atoms with Gasteiger partial charge in [0, 0.05) is 43.8 Å². The van der Waals surface area contributed by atoms with E-state index < -0.39 is 31.0 Å². The van der Waals surface area contributed by atoms with Crippen molar-refractivity contribution in [1.29, 1.82) is 5.26 Å². The lowest BCUT2D eigenvalue weighted by Gasteiger charge is -2.37. The highest BCUT2D eigenvalue weighted by Gasteiger charge is 2.44. The number of pyridine rings is 1. The van der Waals surface area contributed by atoms with E-state index in [1.54, 1.807) is 41.3 Å². The van der Waals surface area contributed by atoms with Crippen LogP contribution >= 0.6 is 11.6 Å². The van der Waals surface area contributed by atoms with E-state index in [0.717, 1.165) is 23.3 Å². The topological polar surface area (TPSA) is 89.8 Å². The van der Waals surface area contributed by atoms with Gasteiger partial charge in [-0.2, -0.15) is 18.4 Å². The SMILES string of the molecule is CN(C(=O)OCC(F)(F)F)[C@@H]1CN(C(=O)C2CCCCN2c2ccc(C#N)cn2)C[C@H]1c1ccc(Cl)cc1. The van der Waals surface area contributed by atoms with Crippen LogP contribution in [-0.4, -0.2) is 78.3 Å². The van der Waals surface area contributed by atoms with Crippen molar-refractivity contribution >= 4 is 29.4 Å². The Bertz CT molecular complexity index is 1190. The first-order chi connectivity index (χ1) is 18.1. The summed E-state index contributed by atoms with van der Waals surface area (Å²) >= 11 is 6.04. The van der Waals surface area contributed by atoms with E-state index in [4.69, 9.17) is 16.9 Å². The summed E-state index contributed by atoms with van der Waals surface area (Å²) in [7, 11) is 1.38. The maximum atomic E-state index is 13.8. The molecule has 2 saturated heterocycles. The van der Waals surface area contributed by atoms with Crippen LogP contribution in [-0.2, 0) is 9.53 Å². The molecule has 0 N–H and O–H groups in total. The fraction of sp³-hybridized carbons (Fsp3) is 0.462. The summed E-state index contributed by atoms with van der Waals surface area (Å²) in [5.74, 6) is 0.0963. The molecule has 38 heavy (non-hydrogen) atoms. The quantitative estimate of drug-likeness (QED) is 0.542. The summed E-state index contributed by atoms with van der Waals surface area (Å²) in [6.45, 7) is -0.662. The number of carbonyl (C=O) groups excluding carboxylic acids is 2. The van der Waals surface area contributed by atoms with E-state index in [1.807, 2.05) is 11.0 Å². The summed E-state index contributed by atoms with van der Waals surface area (Å²) in [6.07, 6.45) is -1.94. The lowest BCUT2D eigenvalue weighted by molar-refractivity contribution is -0.162. The van der Waals surface area contributed by atoms with Crippen LogP contribution in [0.3, 0.4) is 0 Å². The van der Waals surface area contributed by atoms with Gasteiger partial charge in [0.15, 0.2) is 6.61 Å². The molecule has 4 rings (SSSR count). The van der Waals surface area contributed by atoms with Gasteiger partial charge in [-0.05, 0) is 49.1 Å². The number of amides is 2. The number of benzene rings is 1. The Morgan fingerprint density at radius 1 is 1.18 bits per heavy atom. The van der Waals surface area contributed by atoms with Gasteiger partial charge >= 0.3 is 12.3 Å². The molecule has 2 aliphatic heterocycles. The van der Waals surface area contributed by atoms with Gasteiger partial charge in [0.1, 0.15) is 17.9 Å². The van der Waals surface area contributed by atoms with Crippen molar-refractivity contribution in [2.45, 2.75) is 43.4 Å². The molecule has 1 unspecified atom stereocenters. The van der Waals surface area contributed by atoms with E-state index in [1.165, 1.54) is 13.2 Å². The fourth-order valence-electron chi connectivity index (χ4n) is 5.07. The van der Waals surface area contributed by atoms with Gasteiger partial charge in [-0.15, -0.1) is 0 Å². The maximum Gasteiger partial charge on any atom is 0.422 e. The van der Waals surface area contributed by atoms with Gasteiger partial charge < -0.3 is 19.4 Å². The number of halogens is 4. The molecule has 0 bridgehead atoms. The highest BCUT2D eigenvalue weighted by Crippen LogP contribution is 2.34. The number of likely N-dealkylation sites (N-methyl/N-ethyl adjacent to an activating group) is 1. The third kappa shape index (κ3) is 6.30. The standard InChI is InChI=1S/C26H27ClF3N5O3/c1-33(25(37)38-16-26(28,29)30)22-15-34(14-20(22)18-6-8-19(27)9-7-18)24(36)21-4-2-3-11-35(21)23-10-5-17(12-31)13-32-23/h5-10,13,20-22H,2-4,11,14-16H2,1H3/t20-,21?,22+/m0/s1. The van der Waals surface area contributed by atoms with E-state index in [0.29, 0.717) is 29.4 Å². The van der Waals surface area contributed by atoms with Crippen molar-refractivity contribution in [2.75, 3.05) is 38.2 Å². The summed E-state index contributed by atoms with van der Waals surface area (Å²) in [5, 5.41) is 9.59.